The first kappa shape index (κ1) is 16.2. The normalized spacial score (nSPS) is 10.4. The van der Waals surface area contributed by atoms with Gasteiger partial charge in [-0.15, -0.1) is 10.2 Å². The molecule has 7 heteroatoms. The number of hydrogen-bond acceptors (Lipinski definition) is 6. The molecule has 0 aliphatic heterocycles. The second-order valence-corrected chi connectivity index (χ2v) is 5.73. The Balaban J connectivity index is 1.63. The zero-order valence-electron chi connectivity index (χ0n) is 12.7. The SMILES string of the molecule is COC(=O)c1ccc(OCc2nnc(-c3ccc(Br)cc3)o2)cc1. The van der Waals surface area contributed by atoms with Crippen molar-refractivity contribution in [3.63, 3.8) is 0 Å². The number of hydrogen-bond donors (Lipinski definition) is 0. The molecule has 1 aromatic heterocycles. The summed E-state index contributed by atoms with van der Waals surface area (Å²) in [6.07, 6.45) is 0. The monoisotopic (exact) mass is 388 g/mol. The Bertz CT molecular complexity index is 829. The molecule has 0 fully saturated rings. The van der Waals surface area contributed by atoms with Crippen LogP contribution in [0.1, 0.15) is 16.2 Å². The van der Waals surface area contributed by atoms with Crippen LogP contribution in [0.2, 0.25) is 0 Å². The van der Waals surface area contributed by atoms with Crippen LogP contribution in [0, 0.1) is 0 Å². The van der Waals surface area contributed by atoms with Gasteiger partial charge in [-0.2, -0.15) is 0 Å². The van der Waals surface area contributed by atoms with E-state index in [0.29, 0.717) is 23.1 Å². The molecule has 1 heterocycles. The zero-order valence-corrected chi connectivity index (χ0v) is 14.3. The Labute approximate surface area is 146 Å². The third-order valence-corrected chi connectivity index (χ3v) is 3.72. The first-order valence-electron chi connectivity index (χ1n) is 7.05. The lowest BCUT2D eigenvalue weighted by atomic mass is 10.2. The maximum atomic E-state index is 11.4. The summed E-state index contributed by atoms with van der Waals surface area (Å²) in [6.45, 7) is 0.140. The van der Waals surface area contributed by atoms with Crippen molar-refractivity contribution in [1.82, 2.24) is 10.2 Å². The standard InChI is InChI=1S/C17H13BrN2O4/c1-22-17(21)12-4-8-14(9-5-12)23-10-15-19-20-16(24-15)11-2-6-13(18)7-3-11/h2-9H,10H2,1H3. The fourth-order valence-electron chi connectivity index (χ4n) is 1.97. The van der Waals surface area contributed by atoms with E-state index < -0.39 is 5.97 Å². The van der Waals surface area contributed by atoms with Gasteiger partial charge in [0.1, 0.15) is 5.75 Å². The third-order valence-electron chi connectivity index (χ3n) is 3.20. The van der Waals surface area contributed by atoms with Crippen LogP contribution >= 0.6 is 15.9 Å². The van der Waals surface area contributed by atoms with Crippen molar-refractivity contribution in [2.75, 3.05) is 7.11 Å². The maximum Gasteiger partial charge on any atom is 0.337 e. The van der Waals surface area contributed by atoms with Crippen molar-refractivity contribution in [1.29, 1.82) is 0 Å². The molecular weight excluding hydrogens is 376 g/mol. The summed E-state index contributed by atoms with van der Waals surface area (Å²) in [5.74, 6) is 0.996. The van der Waals surface area contributed by atoms with Crippen molar-refractivity contribution < 1.29 is 18.7 Å². The molecule has 3 aromatic rings. The summed E-state index contributed by atoms with van der Waals surface area (Å²) in [5, 5.41) is 7.97. The van der Waals surface area contributed by atoms with Crippen LogP contribution in [0.4, 0.5) is 0 Å². The van der Waals surface area contributed by atoms with Gasteiger partial charge in [0.2, 0.25) is 5.89 Å². The predicted molar refractivity (Wildman–Crippen MR) is 89.5 cm³/mol. The second-order valence-electron chi connectivity index (χ2n) is 4.81. The maximum absolute atomic E-state index is 11.4. The average Bonchev–Trinajstić information content (AvgIpc) is 3.09. The molecule has 0 amide bonds. The van der Waals surface area contributed by atoms with E-state index in [0.717, 1.165) is 10.0 Å². The highest BCUT2D eigenvalue weighted by Gasteiger charge is 2.10. The van der Waals surface area contributed by atoms with E-state index in [1.165, 1.54) is 7.11 Å². The quantitative estimate of drug-likeness (QED) is 0.617. The van der Waals surface area contributed by atoms with Crippen LogP contribution in [0.15, 0.2) is 57.4 Å². The Morgan fingerprint density at radius 1 is 1.08 bits per heavy atom. The van der Waals surface area contributed by atoms with Crippen LogP contribution in [-0.4, -0.2) is 23.3 Å². The summed E-state index contributed by atoms with van der Waals surface area (Å²) in [7, 11) is 1.34. The van der Waals surface area contributed by atoms with E-state index in [4.69, 9.17) is 9.15 Å². The fraction of sp³-hybridized carbons (Fsp3) is 0.118. The van der Waals surface area contributed by atoms with Gasteiger partial charge in [-0.05, 0) is 48.5 Å². The molecule has 6 nitrogen and oxygen atoms in total. The number of carbonyl (C=O) groups excluding carboxylic acids is 1. The molecule has 0 saturated carbocycles. The molecular formula is C17H13BrN2O4. The van der Waals surface area contributed by atoms with Gasteiger partial charge in [0.05, 0.1) is 12.7 Å². The number of halogens is 1. The van der Waals surface area contributed by atoms with Gasteiger partial charge in [0.25, 0.3) is 5.89 Å². The Hall–Kier alpha value is -2.67. The van der Waals surface area contributed by atoms with Crippen LogP contribution in [0.25, 0.3) is 11.5 Å². The van der Waals surface area contributed by atoms with E-state index >= 15 is 0 Å². The van der Waals surface area contributed by atoms with E-state index in [9.17, 15) is 4.79 Å². The number of rotatable bonds is 5. The van der Waals surface area contributed by atoms with Crippen LogP contribution < -0.4 is 4.74 Å². The lowest BCUT2D eigenvalue weighted by molar-refractivity contribution is 0.0600. The minimum absolute atomic E-state index is 0.140. The molecule has 2 aromatic carbocycles. The molecule has 0 spiro atoms. The highest BCUT2D eigenvalue weighted by molar-refractivity contribution is 9.10. The highest BCUT2D eigenvalue weighted by Crippen LogP contribution is 2.21. The zero-order chi connectivity index (χ0) is 16.9. The lowest BCUT2D eigenvalue weighted by Gasteiger charge is -2.04. The van der Waals surface area contributed by atoms with Gasteiger partial charge in [-0.25, -0.2) is 4.79 Å². The number of esters is 1. The minimum atomic E-state index is -0.391. The molecule has 0 atom stereocenters. The van der Waals surface area contributed by atoms with Crippen LogP contribution in [-0.2, 0) is 11.3 Å². The molecule has 0 bridgehead atoms. The lowest BCUT2D eigenvalue weighted by Crippen LogP contribution is -2.01. The predicted octanol–water partition coefficient (Wildman–Crippen LogP) is 3.86. The molecule has 0 aliphatic carbocycles. The Morgan fingerprint density at radius 3 is 2.46 bits per heavy atom. The fourth-order valence-corrected chi connectivity index (χ4v) is 2.24. The average molecular weight is 389 g/mol. The number of methoxy groups -OCH3 is 1. The van der Waals surface area contributed by atoms with Crippen molar-refractivity contribution in [3.05, 3.63) is 64.5 Å². The summed E-state index contributed by atoms with van der Waals surface area (Å²) in [6, 6.07) is 14.2. The highest BCUT2D eigenvalue weighted by atomic mass is 79.9. The third kappa shape index (κ3) is 3.80. The number of nitrogens with zero attached hydrogens (tertiary/aromatic N) is 2. The van der Waals surface area contributed by atoms with Gasteiger partial charge >= 0.3 is 5.97 Å². The van der Waals surface area contributed by atoms with Crippen molar-refractivity contribution in [3.8, 4) is 17.2 Å². The number of benzene rings is 2. The van der Waals surface area contributed by atoms with Crippen molar-refractivity contribution in [2.45, 2.75) is 6.61 Å². The second kappa shape index (κ2) is 7.27. The topological polar surface area (TPSA) is 74.5 Å². The van der Waals surface area contributed by atoms with E-state index in [2.05, 4.69) is 30.9 Å². The molecule has 0 radical (unpaired) electrons. The molecule has 0 N–H and O–H groups in total. The molecule has 122 valence electrons. The van der Waals surface area contributed by atoms with E-state index in [-0.39, 0.29) is 6.61 Å². The number of ether oxygens (including phenoxy) is 2. The van der Waals surface area contributed by atoms with Gasteiger partial charge in [0.15, 0.2) is 6.61 Å². The van der Waals surface area contributed by atoms with Gasteiger partial charge in [-0.3, -0.25) is 0 Å². The summed E-state index contributed by atoms with van der Waals surface area (Å²) in [5.41, 5.74) is 1.29. The van der Waals surface area contributed by atoms with Crippen LogP contribution in [0.5, 0.6) is 5.75 Å². The molecule has 0 saturated heterocycles. The van der Waals surface area contributed by atoms with Crippen LogP contribution in [0.3, 0.4) is 0 Å². The molecule has 0 unspecified atom stereocenters. The van der Waals surface area contributed by atoms with E-state index in [1.54, 1.807) is 24.3 Å². The first-order valence-corrected chi connectivity index (χ1v) is 7.84. The largest absolute Gasteiger partial charge is 0.484 e. The molecule has 0 aliphatic rings. The van der Waals surface area contributed by atoms with Gasteiger partial charge in [0, 0.05) is 10.0 Å². The Morgan fingerprint density at radius 2 is 1.79 bits per heavy atom. The Kier molecular flexibility index (Phi) is 4.90. The minimum Gasteiger partial charge on any atom is -0.484 e. The molecule has 24 heavy (non-hydrogen) atoms. The summed E-state index contributed by atoms with van der Waals surface area (Å²) < 4.78 is 16.8. The number of carbonyl (C=O) groups is 1. The van der Waals surface area contributed by atoms with Gasteiger partial charge in [-0.1, -0.05) is 15.9 Å². The van der Waals surface area contributed by atoms with E-state index in [1.807, 2.05) is 24.3 Å². The summed E-state index contributed by atoms with van der Waals surface area (Å²) in [4.78, 5) is 11.4. The summed E-state index contributed by atoms with van der Waals surface area (Å²) >= 11 is 3.38. The van der Waals surface area contributed by atoms with Gasteiger partial charge < -0.3 is 13.9 Å². The number of aromatic nitrogens is 2. The van der Waals surface area contributed by atoms with Crippen molar-refractivity contribution in [2.24, 2.45) is 0 Å². The first-order chi connectivity index (χ1) is 11.7. The van der Waals surface area contributed by atoms with Crippen molar-refractivity contribution >= 4 is 21.9 Å². The molecule has 3 rings (SSSR count). The smallest absolute Gasteiger partial charge is 0.337 e.